The molecule has 0 radical (unpaired) electrons. The summed E-state index contributed by atoms with van der Waals surface area (Å²) in [6.45, 7) is 3.60. The average molecular weight is 313 g/mol. The van der Waals surface area contributed by atoms with Crippen LogP contribution in [0.2, 0.25) is 0 Å². The molecule has 0 saturated heterocycles. The number of fused-ring (bicyclic) bond motifs is 3. The lowest BCUT2D eigenvalue weighted by Gasteiger charge is -2.12. The first-order chi connectivity index (χ1) is 10.7. The second kappa shape index (κ2) is 6.05. The zero-order valence-corrected chi connectivity index (χ0v) is 13.8. The summed E-state index contributed by atoms with van der Waals surface area (Å²) >= 11 is 1.60. The van der Waals surface area contributed by atoms with E-state index in [9.17, 15) is 4.79 Å². The fraction of sp³-hybridized carbons (Fsp3) is 0.278. The summed E-state index contributed by atoms with van der Waals surface area (Å²) in [4.78, 5) is 15.9. The fourth-order valence-corrected chi connectivity index (χ4v) is 3.62. The molecule has 1 heterocycles. The number of nitrogens with one attached hydrogen (secondary N) is 1. The van der Waals surface area contributed by atoms with Gasteiger partial charge in [-0.15, -0.1) is 11.8 Å². The molecule has 0 saturated carbocycles. The van der Waals surface area contributed by atoms with Crippen LogP contribution in [0.25, 0.3) is 21.8 Å². The summed E-state index contributed by atoms with van der Waals surface area (Å²) in [5.74, 6) is 0.371. The van der Waals surface area contributed by atoms with E-state index in [4.69, 9.17) is 4.74 Å². The van der Waals surface area contributed by atoms with E-state index in [2.05, 4.69) is 30.1 Å². The van der Waals surface area contributed by atoms with Gasteiger partial charge in [-0.2, -0.15) is 0 Å². The average Bonchev–Trinajstić information content (AvgIpc) is 2.86. The molecule has 0 atom stereocenters. The number of para-hydroxylation sites is 1. The Morgan fingerprint density at radius 1 is 1.32 bits per heavy atom. The van der Waals surface area contributed by atoms with Crippen molar-refractivity contribution < 1.29 is 9.53 Å². The third-order valence-electron chi connectivity index (χ3n) is 3.76. The van der Waals surface area contributed by atoms with Crippen LogP contribution in [0.3, 0.4) is 0 Å². The predicted octanol–water partition coefficient (Wildman–Crippen LogP) is 4.92. The monoisotopic (exact) mass is 313 g/mol. The molecule has 3 nitrogen and oxygen atoms in total. The van der Waals surface area contributed by atoms with Crippen molar-refractivity contribution in [2.75, 3.05) is 6.26 Å². The van der Waals surface area contributed by atoms with E-state index in [0.29, 0.717) is 5.75 Å². The maximum absolute atomic E-state index is 11.4. The highest BCUT2D eigenvalue weighted by molar-refractivity contribution is 7.99. The third kappa shape index (κ3) is 2.48. The summed E-state index contributed by atoms with van der Waals surface area (Å²) < 4.78 is 5.45. The maximum Gasteiger partial charge on any atom is 0.308 e. The van der Waals surface area contributed by atoms with Crippen molar-refractivity contribution >= 4 is 39.5 Å². The molecule has 0 unspecified atom stereocenters. The first kappa shape index (κ1) is 15.0. The Balaban J connectivity index is 2.39. The Bertz CT molecular complexity index is 851. The van der Waals surface area contributed by atoms with E-state index in [0.717, 1.165) is 28.8 Å². The first-order valence-corrected chi connectivity index (χ1v) is 8.66. The van der Waals surface area contributed by atoms with E-state index >= 15 is 0 Å². The van der Waals surface area contributed by atoms with Gasteiger partial charge in [0.25, 0.3) is 0 Å². The first-order valence-electron chi connectivity index (χ1n) is 7.44. The summed E-state index contributed by atoms with van der Waals surface area (Å²) in [5, 5.41) is 2.48. The number of thioether (sulfide) groups is 1. The quantitative estimate of drug-likeness (QED) is 0.422. The molecule has 0 aliphatic rings. The number of H-pyrrole nitrogens is 1. The van der Waals surface area contributed by atoms with Crippen LogP contribution < -0.4 is 4.74 Å². The molecule has 0 aliphatic heterocycles. The highest BCUT2D eigenvalue weighted by Gasteiger charge is 2.17. The number of aromatic nitrogens is 1. The fourth-order valence-electron chi connectivity index (χ4n) is 2.96. The minimum atomic E-state index is -0.284. The van der Waals surface area contributed by atoms with Crippen molar-refractivity contribution in [1.29, 1.82) is 0 Å². The molecule has 22 heavy (non-hydrogen) atoms. The Labute approximate surface area is 134 Å². The summed E-state index contributed by atoms with van der Waals surface area (Å²) in [7, 11) is 0. The highest BCUT2D eigenvalue weighted by Crippen LogP contribution is 2.41. The van der Waals surface area contributed by atoms with Gasteiger partial charge in [0.2, 0.25) is 0 Å². The number of hydrogen-bond acceptors (Lipinski definition) is 3. The van der Waals surface area contributed by atoms with E-state index in [-0.39, 0.29) is 5.97 Å². The lowest BCUT2D eigenvalue weighted by molar-refractivity contribution is -0.132. The molecular weight excluding hydrogens is 294 g/mol. The zero-order chi connectivity index (χ0) is 15.7. The van der Waals surface area contributed by atoms with Crippen molar-refractivity contribution in [2.45, 2.75) is 31.6 Å². The number of hydrogen-bond donors (Lipinski definition) is 1. The van der Waals surface area contributed by atoms with Gasteiger partial charge in [0.15, 0.2) is 0 Å². The van der Waals surface area contributed by atoms with Crippen LogP contribution in [0.15, 0.2) is 35.2 Å². The predicted molar refractivity (Wildman–Crippen MR) is 92.9 cm³/mol. The molecule has 1 N–H and O–H groups in total. The highest BCUT2D eigenvalue weighted by atomic mass is 32.2. The van der Waals surface area contributed by atoms with Crippen molar-refractivity contribution in [3.05, 3.63) is 35.9 Å². The summed E-state index contributed by atoms with van der Waals surface area (Å²) in [6, 6.07) is 10.3. The number of ether oxygens (including phenoxy) is 1. The van der Waals surface area contributed by atoms with Crippen LogP contribution in [0.5, 0.6) is 5.75 Å². The smallest absolute Gasteiger partial charge is 0.308 e. The second-order valence-electron chi connectivity index (χ2n) is 5.33. The van der Waals surface area contributed by atoms with Crippen LogP contribution in [-0.2, 0) is 11.2 Å². The van der Waals surface area contributed by atoms with E-state index in [1.54, 1.807) is 11.8 Å². The van der Waals surface area contributed by atoms with Crippen LogP contribution in [0, 0.1) is 0 Å². The Morgan fingerprint density at radius 2 is 2.09 bits per heavy atom. The molecule has 4 heteroatoms. The lowest BCUT2D eigenvalue weighted by Crippen LogP contribution is -2.03. The zero-order valence-electron chi connectivity index (χ0n) is 13.0. The minimum Gasteiger partial charge on any atom is -0.425 e. The van der Waals surface area contributed by atoms with Gasteiger partial charge in [0, 0.05) is 23.2 Å². The number of aryl methyl sites for hydroxylation is 1. The Kier molecular flexibility index (Phi) is 4.12. The molecule has 3 aromatic rings. The molecule has 2 aromatic carbocycles. The van der Waals surface area contributed by atoms with Gasteiger partial charge >= 0.3 is 5.97 Å². The Morgan fingerprint density at radius 3 is 2.77 bits per heavy atom. The van der Waals surface area contributed by atoms with Crippen LogP contribution in [0.4, 0.5) is 0 Å². The molecule has 0 amide bonds. The van der Waals surface area contributed by atoms with Crippen LogP contribution in [-0.4, -0.2) is 17.2 Å². The van der Waals surface area contributed by atoms with Gasteiger partial charge in [-0.25, -0.2) is 0 Å². The molecular formula is C18H19NO2S. The van der Waals surface area contributed by atoms with Gasteiger partial charge in [0.05, 0.1) is 10.4 Å². The van der Waals surface area contributed by atoms with E-state index in [1.807, 2.05) is 18.4 Å². The standard InChI is InChI=1S/C18H19NO2S/c1-4-7-12-10-15(21-11(2)20)18(22-3)17-16(12)13-8-5-6-9-14(13)19-17/h5-6,8-10,19H,4,7H2,1-3H3. The number of benzene rings is 2. The maximum atomic E-state index is 11.4. The van der Waals surface area contributed by atoms with Gasteiger partial charge in [-0.1, -0.05) is 31.5 Å². The summed E-state index contributed by atoms with van der Waals surface area (Å²) in [6.07, 6.45) is 4.01. The van der Waals surface area contributed by atoms with Crippen molar-refractivity contribution in [3.63, 3.8) is 0 Å². The van der Waals surface area contributed by atoms with E-state index in [1.165, 1.54) is 23.3 Å². The van der Waals surface area contributed by atoms with Gasteiger partial charge < -0.3 is 9.72 Å². The minimum absolute atomic E-state index is 0.284. The topological polar surface area (TPSA) is 42.1 Å². The number of aromatic amines is 1. The number of rotatable bonds is 4. The molecule has 114 valence electrons. The van der Waals surface area contributed by atoms with Gasteiger partial charge in [0.1, 0.15) is 5.75 Å². The van der Waals surface area contributed by atoms with Crippen molar-refractivity contribution in [1.82, 2.24) is 4.98 Å². The molecule has 0 spiro atoms. The molecule has 3 rings (SSSR count). The second-order valence-corrected chi connectivity index (χ2v) is 6.15. The molecule has 1 aromatic heterocycles. The number of carbonyl (C=O) groups is 1. The van der Waals surface area contributed by atoms with Gasteiger partial charge in [-0.05, 0) is 30.4 Å². The van der Waals surface area contributed by atoms with E-state index < -0.39 is 0 Å². The largest absolute Gasteiger partial charge is 0.425 e. The van der Waals surface area contributed by atoms with Crippen molar-refractivity contribution in [2.24, 2.45) is 0 Å². The van der Waals surface area contributed by atoms with Crippen LogP contribution in [0.1, 0.15) is 25.8 Å². The SMILES string of the molecule is CCCc1cc(OC(C)=O)c(SC)c2[nH]c3ccccc3c12. The summed E-state index contributed by atoms with van der Waals surface area (Å²) in [5.41, 5.74) is 3.41. The Hall–Kier alpha value is -1.94. The normalized spacial score (nSPS) is 11.2. The lowest BCUT2D eigenvalue weighted by atomic mass is 10.0. The molecule has 0 bridgehead atoms. The third-order valence-corrected chi connectivity index (χ3v) is 4.57. The van der Waals surface area contributed by atoms with Crippen molar-refractivity contribution in [3.8, 4) is 5.75 Å². The number of carbonyl (C=O) groups excluding carboxylic acids is 1. The van der Waals surface area contributed by atoms with Crippen LogP contribution >= 0.6 is 11.8 Å². The number of esters is 1. The van der Waals surface area contributed by atoms with Gasteiger partial charge in [-0.3, -0.25) is 4.79 Å². The molecule has 0 aliphatic carbocycles. The molecule has 0 fully saturated rings.